The number of hydrogen-bond acceptors (Lipinski definition) is 5. The van der Waals surface area contributed by atoms with Crippen molar-refractivity contribution >= 4 is 23.3 Å². The third-order valence-corrected chi connectivity index (χ3v) is 6.01. The van der Waals surface area contributed by atoms with Crippen LogP contribution in [-0.4, -0.2) is 42.3 Å². The first-order valence-electron chi connectivity index (χ1n) is 9.54. The standard InChI is InChI=1S/C21H24FN5O2/c1-27(2)20(29)17-15(23)4-3-13(18(17)22)12-6-14-19(25-9-12)26-10-21(14)7-11(8-21)5-16(24)28/h3-4,6,9,11H,5,7-8,10,23H2,1-2H3,(H2,24,28)(H,25,26). The van der Waals surface area contributed by atoms with E-state index in [0.717, 1.165) is 30.8 Å². The third kappa shape index (κ3) is 3.08. The highest BCUT2D eigenvalue weighted by Crippen LogP contribution is 2.54. The Balaban J connectivity index is 1.71. The van der Waals surface area contributed by atoms with Crippen LogP contribution in [0.5, 0.6) is 0 Å². The summed E-state index contributed by atoms with van der Waals surface area (Å²) < 4.78 is 15.3. The van der Waals surface area contributed by atoms with E-state index in [1.54, 1.807) is 32.4 Å². The number of carbonyl (C=O) groups is 2. The maximum absolute atomic E-state index is 15.3. The minimum Gasteiger partial charge on any atom is -0.398 e. The van der Waals surface area contributed by atoms with Gasteiger partial charge in [0.25, 0.3) is 5.91 Å². The summed E-state index contributed by atoms with van der Waals surface area (Å²) in [5.41, 5.74) is 13.0. The van der Waals surface area contributed by atoms with Crippen molar-refractivity contribution in [1.82, 2.24) is 9.88 Å². The maximum Gasteiger partial charge on any atom is 0.258 e. The van der Waals surface area contributed by atoms with Crippen LogP contribution in [0.15, 0.2) is 24.4 Å². The predicted octanol–water partition coefficient (Wildman–Crippen LogP) is 2.12. The number of hydrogen-bond donors (Lipinski definition) is 3. The average molecular weight is 397 g/mol. The lowest BCUT2D eigenvalue weighted by Gasteiger charge is -2.45. The van der Waals surface area contributed by atoms with Crippen LogP contribution in [0.1, 0.15) is 35.2 Å². The Bertz CT molecular complexity index is 1010. The van der Waals surface area contributed by atoms with Gasteiger partial charge in [-0.2, -0.15) is 0 Å². The SMILES string of the molecule is CN(C)C(=O)c1c(N)ccc(-c2cnc3c(c2)C2(CN3)CC(CC(N)=O)C2)c1F. The molecule has 1 aromatic carbocycles. The first kappa shape index (κ1) is 19.2. The van der Waals surface area contributed by atoms with Gasteiger partial charge >= 0.3 is 0 Å². The second-order valence-electron chi connectivity index (χ2n) is 8.29. The zero-order valence-electron chi connectivity index (χ0n) is 16.5. The highest BCUT2D eigenvalue weighted by atomic mass is 19.1. The number of nitrogens with one attached hydrogen (secondary N) is 1. The number of rotatable bonds is 4. The van der Waals surface area contributed by atoms with Crippen LogP contribution < -0.4 is 16.8 Å². The molecule has 1 spiro atoms. The van der Waals surface area contributed by atoms with Crippen molar-refractivity contribution in [3.63, 3.8) is 0 Å². The Morgan fingerprint density at radius 1 is 1.34 bits per heavy atom. The van der Waals surface area contributed by atoms with Crippen molar-refractivity contribution in [2.24, 2.45) is 11.7 Å². The fourth-order valence-electron chi connectivity index (χ4n) is 4.60. The molecule has 1 aromatic heterocycles. The summed E-state index contributed by atoms with van der Waals surface area (Å²) in [6, 6.07) is 5.05. The molecule has 0 unspecified atom stereocenters. The lowest BCUT2D eigenvalue weighted by molar-refractivity contribution is -0.120. The van der Waals surface area contributed by atoms with Crippen molar-refractivity contribution in [2.75, 3.05) is 31.7 Å². The zero-order valence-corrected chi connectivity index (χ0v) is 16.5. The number of nitrogen functional groups attached to an aromatic ring is 1. The van der Waals surface area contributed by atoms with E-state index in [4.69, 9.17) is 11.5 Å². The quantitative estimate of drug-likeness (QED) is 0.684. The van der Waals surface area contributed by atoms with Gasteiger partial charge in [0.1, 0.15) is 11.6 Å². The molecule has 8 heteroatoms. The third-order valence-electron chi connectivity index (χ3n) is 6.01. The van der Waals surface area contributed by atoms with Crippen molar-refractivity contribution in [3.8, 4) is 11.1 Å². The van der Waals surface area contributed by atoms with E-state index in [0.29, 0.717) is 12.0 Å². The molecule has 1 aliphatic carbocycles. The fraction of sp³-hybridized carbons (Fsp3) is 0.381. The topological polar surface area (TPSA) is 114 Å². The summed E-state index contributed by atoms with van der Waals surface area (Å²) in [5, 5.41) is 3.31. The molecular formula is C21H24FN5O2. The van der Waals surface area contributed by atoms with Gasteiger partial charge in [-0.15, -0.1) is 0 Å². The molecule has 0 saturated heterocycles. The molecule has 0 radical (unpaired) electrons. The van der Waals surface area contributed by atoms with Gasteiger partial charge in [0.15, 0.2) is 0 Å². The van der Waals surface area contributed by atoms with Crippen LogP contribution in [0.3, 0.4) is 0 Å². The smallest absolute Gasteiger partial charge is 0.258 e. The Labute approximate surface area is 168 Å². The van der Waals surface area contributed by atoms with Gasteiger partial charge in [0, 0.05) is 61.1 Å². The van der Waals surface area contributed by atoms with E-state index >= 15 is 4.39 Å². The number of aromatic nitrogens is 1. The van der Waals surface area contributed by atoms with Gasteiger partial charge in [0.2, 0.25) is 5.91 Å². The summed E-state index contributed by atoms with van der Waals surface area (Å²) in [6.07, 6.45) is 3.67. The number of nitrogens with two attached hydrogens (primary N) is 2. The molecule has 1 fully saturated rings. The molecule has 1 saturated carbocycles. The van der Waals surface area contributed by atoms with Gasteiger partial charge < -0.3 is 21.7 Å². The minimum atomic E-state index is -0.648. The van der Waals surface area contributed by atoms with Gasteiger partial charge in [-0.1, -0.05) is 0 Å². The molecule has 4 rings (SSSR count). The van der Waals surface area contributed by atoms with Crippen LogP contribution >= 0.6 is 0 Å². The Hall–Kier alpha value is -3.16. The van der Waals surface area contributed by atoms with Crippen molar-refractivity contribution < 1.29 is 14.0 Å². The van der Waals surface area contributed by atoms with Crippen molar-refractivity contribution in [1.29, 1.82) is 0 Å². The van der Waals surface area contributed by atoms with E-state index in [9.17, 15) is 9.59 Å². The Morgan fingerprint density at radius 2 is 2.07 bits per heavy atom. The van der Waals surface area contributed by atoms with Crippen LogP contribution in [-0.2, 0) is 10.2 Å². The molecule has 152 valence electrons. The monoisotopic (exact) mass is 397 g/mol. The second kappa shape index (κ2) is 6.72. The molecule has 5 N–H and O–H groups in total. The summed E-state index contributed by atoms with van der Waals surface area (Å²) in [7, 11) is 3.11. The van der Waals surface area contributed by atoms with Crippen LogP contribution in [0.25, 0.3) is 11.1 Å². The number of halogens is 1. The Kier molecular flexibility index (Phi) is 4.44. The fourth-order valence-corrected chi connectivity index (χ4v) is 4.60. The second-order valence-corrected chi connectivity index (χ2v) is 8.29. The number of amides is 2. The van der Waals surface area contributed by atoms with E-state index in [-0.39, 0.29) is 34.1 Å². The van der Waals surface area contributed by atoms with Gasteiger partial charge in [0.05, 0.1) is 5.56 Å². The highest BCUT2D eigenvalue weighted by molar-refractivity contribution is 6.00. The molecule has 1 aliphatic heterocycles. The summed E-state index contributed by atoms with van der Waals surface area (Å²) >= 11 is 0. The normalized spacial score (nSPS) is 22.0. The van der Waals surface area contributed by atoms with Gasteiger partial charge in [-0.3, -0.25) is 9.59 Å². The van der Waals surface area contributed by atoms with E-state index < -0.39 is 11.7 Å². The number of pyridine rings is 1. The van der Waals surface area contributed by atoms with Crippen LogP contribution in [0, 0.1) is 11.7 Å². The molecular weight excluding hydrogens is 373 g/mol. The number of nitrogens with zero attached hydrogens (tertiary/aromatic N) is 2. The first-order chi connectivity index (χ1) is 13.7. The molecule has 7 nitrogen and oxygen atoms in total. The average Bonchev–Trinajstić information content (AvgIpc) is 3.00. The number of carbonyl (C=O) groups excluding carboxylic acids is 2. The molecule has 29 heavy (non-hydrogen) atoms. The van der Waals surface area contributed by atoms with Gasteiger partial charge in [-0.25, -0.2) is 9.37 Å². The lowest BCUT2D eigenvalue weighted by atomic mass is 9.58. The summed E-state index contributed by atoms with van der Waals surface area (Å²) in [5.74, 6) is -0.369. The van der Waals surface area contributed by atoms with Crippen molar-refractivity contribution in [3.05, 3.63) is 41.3 Å². The zero-order chi connectivity index (χ0) is 20.9. The van der Waals surface area contributed by atoms with Crippen molar-refractivity contribution in [2.45, 2.75) is 24.7 Å². The predicted molar refractivity (Wildman–Crippen MR) is 109 cm³/mol. The molecule has 2 heterocycles. The van der Waals surface area contributed by atoms with E-state index in [1.807, 2.05) is 6.07 Å². The maximum atomic E-state index is 15.3. The molecule has 0 bridgehead atoms. The molecule has 2 aliphatic rings. The van der Waals surface area contributed by atoms with E-state index in [1.165, 1.54) is 4.90 Å². The summed E-state index contributed by atoms with van der Waals surface area (Å²) in [6.45, 7) is 0.739. The first-order valence-corrected chi connectivity index (χ1v) is 9.54. The van der Waals surface area contributed by atoms with Crippen LogP contribution in [0.2, 0.25) is 0 Å². The van der Waals surface area contributed by atoms with Gasteiger partial charge in [-0.05, 0) is 37.0 Å². The molecule has 2 aromatic rings. The number of primary amides is 1. The number of fused-ring (bicyclic) bond motifs is 2. The largest absolute Gasteiger partial charge is 0.398 e. The number of anilines is 2. The van der Waals surface area contributed by atoms with Crippen LogP contribution in [0.4, 0.5) is 15.9 Å². The number of benzene rings is 1. The lowest BCUT2D eigenvalue weighted by Crippen LogP contribution is -2.44. The highest BCUT2D eigenvalue weighted by Gasteiger charge is 2.50. The minimum absolute atomic E-state index is 0.102. The molecule has 0 atom stereocenters. The van der Waals surface area contributed by atoms with E-state index in [2.05, 4.69) is 10.3 Å². The summed E-state index contributed by atoms with van der Waals surface area (Å²) in [4.78, 5) is 29.4. The molecule has 2 amide bonds. The Morgan fingerprint density at radius 3 is 2.72 bits per heavy atom.